The van der Waals surface area contributed by atoms with Gasteiger partial charge in [0.25, 0.3) is 0 Å². The van der Waals surface area contributed by atoms with Gasteiger partial charge in [0.1, 0.15) is 0 Å². The molecule has 0 bridgehead atoms. The molecule has 4 heteroatoms. The molecule has 1 aromatic carbocycles. The molecule has 3 nitrogen and oxygen atoms in total. The SMILES string of the molecule is [Na+].[O-]c1cccc(N2CCNCC2)c1. The standard InChI is InChI=1S/C10H14N2O.Na/c13-10-3-1-2-9(8-10)12-6-4-11-5-7-12;/h1-3,8,11,13H,4-7H2;/q;+1/p-1. The zero-order chi connectivity index (χ0) is 9.10. The van der Waals surface area contributed by atoms with Crippen LogP contribution in [0.3, 0.4) is 0 Å². The Balaban J connectivity index is 0.000000980. The first-order valence-electron chi connectivity index (χ1n) is 4.59. The summed E-state index contributed by atoms with van der Waals surface area (Å²) in [6.07, 6.45) is 0. The number of hydrogen-bond acceptors (Lipinski definition) is 3. The number of hydrogen-bond donors (Lipinski definition) is 1. The van der Waals surface area contributed by atoms with Crippen LogP contribution in [0.2, 0.25) is 0 Å². The molecule has 1 heterocycles. The van der Waals surface area contributed by atoms with Crippen LogP contribution in [-0.4, -0.2) is 26.2 Å². The van der Waals surface area contributed by atoms with Crippen molar-refractivity contribution in [3.05, 3.63) is 24.3 Å². The van der Waals surface area contributed by atoms with Crippen molar-refractivity contribution in [3.63, 3.8) is 0 Å². The van der Waals surface area contributed by atoms with E-state index in [0.29, 0.717) is 0 Å². The van der Waals surface area contributed by atoms with E-state index in [1.165, 1.54) is 0 Å². The van der Waals surface area contributed by atoms with Gasteiger partial charge in [0.2, 0.25) is 0 Å². The Morgan fingerprint density at radius 2 is 1.93 bits per heavy atom. The molecule has 1 aliphatic heterocycles. The van der Waals surface area contributed by atoms with Crippen molar-refractivity contribution in [2.45, 2.75) is 0 Å². The molecule has 1 fully saturated rings. The fourth-order valence-corrected chi connectivity index (χ4v) is 1.60. The first kappa shape index (κ1) is 11.9. The van der Waals surface area contributed by atoms with Crippen LogP contribution in [0.1, 0.15) is 0 Å². The molecule has 1 aromatic rings. The quantitative estimate of drug-likeness (QED) is 0.497. The van der Waals surface area contributed by atoms with Gasteiger partial charge in [-0.3, -0.25) is 0 Å². The maximum absolute atomic E-state index is 11.1. The van der Waals surface area contributed by atoms with Gasteiger partial charge in [-0.05, 0) is 12.1 Å². The van der Waals surface area contributed by atoms with Crippen molar-refractivity contribution < 1.29 is 34.7 Å². The van der Waals surface area contributed by atoms with Gasteiger partial charge in [0.05, 0.1) is 0 Å². The van der Waals surface area contributed by atoms with Crippen LogP contribution in [0.25, 0.3) is 0 Å². The monoisotopic (exact) mass is 200 g/mol. The van der Waals surface area contributed by atoms with Gasteiger partial charge < -0.3 is 15.3 Å². The molecule has 1 saturated heterocycles. The Kier molecular flexibility index (Phi) is 4.75. The zero-order valence-electron chi connectivity index (χ0n) is 8.49. The third-order valence-corrected chi connectivity index (χ3v) is 2.30. The first-order chi connectivity index (χ1) is 6.36. The fourth-order valence-electron chi connectivity index (χ4n) is 1.60. The molecule has 0 radical (unpaired) electrons. The van der Waals surface area contributed by atoms with E-state index in [1.54, 1.807) is 12.1 Å². The summed E-state index contributed by atoms with van der Waals surface area (Å²) >= 11 is 0. The smallest absolute Gasteiger partial charge is 0.872 e. The summed E-state index contributed by atoms with van der Waals surface area (Å²) in [4.78, 5) is 2.23. The van der Waals surface area contributed by atoms with Crippen molar-refractivity contribution in [2.24, 2.45) is 0 Å². The van der Waals surface area contributed by atoms with E-state index in [1.807, 2.05) is 12.1 Å². The third kappa shape index (κ3) is 2.89. The van der Waals surface area contributed by atoms with E-state index >= 15 is 0 Å². The fraction of sp³-hybridized carbons (Fsp3) is 0.400. The van der Waals surface area contributed by atoms with Gasteiger partial charge in [0.15, 0.2) is 0 Å². The number of rotatable bonds is 1. The number of nitrogens with one attached hydrogen (secondary N) is 1. The largest absolute Gasteiger partial charge is 1.00 e. The molecule has 0 saturated carbocycles. The van der Waals surface area contributed by atoms with E-state index < -0.39 is 0 Å². The molecule has 14 heavy (non-hydrogen) atoms. The van der Waals surface area contributed by atoms with Crippen LogP contribution in [-0.2, 0) is 0 Å². The molecular formula is C10H13N2NaO. The molecule has 70 valence electrons. The maximum Gasteiger partial charge on any atom is 1.00 e. The second-order valence-corrected chi connectivity index (χ2v) is 3.23. The zero-order valence-corrected chi connectivity index (χ0v) is 10.5. The number of nitrogens with zero attached hydrogens (tertiary/aromatic N) is 1. The van der Waals surface area contributed by atoms with E-state index in [9.17, 15) is 5.11 Å². The summed E-state index contributed by atoms with van der Waals surface area (Å²) < 4.78 is 0. The molecule has 0 amide bonds. The van der Waals surface area contributed by atoms with Crippen molar-refractivity contribution in [2.75, 3.05) is 31.1 Å². The minimum Gasteiger partial charge on any atom is -0.872 e. The minimum absolute atomic E-state index is 0. The Bertz CT molecular complexity index is 287. The van der Waals surface area contributed by atoms with Gasteiger partial charge in [-0.2, -0.15) is 0 Å². The maximum atomic E-state index is 11.1. The predicted molar refractivity (Wildman–Crippen MR) is 51.0 cm³/mol. The molecule has 0 aromatic heterocycles. The first-order valence-corrected chi connectivity index (χ1v) is 4.59. The summed E-state index contributed by atoms with van der Waals surface area (Å²) in [5.41, 5.74) is 1.05. The second-order valence-electron chi connectivity index (χ2n) is 3.23. The van der Waals surface area contributed by atoms with Gasteiger partial charge >= 0.3 is 29.6 Å². The van der Waals surface area contributed by atoms with Crippen molar-refractivity contribution in [1.82, 2.24) is 5.32 Å². The van der Waals surface area contributed by atoms with Gasteiger partial charge in [0, 0.05) is 31.9 Å². The molecule has 0 aliphatic carbocycles. The average molecular weight is 200 g/mol. The Labute approximate surface area is 106 Å². The van der Waals surface area contributed by atoms with Crippen molar-refractivity contribution >= 4 is 5.69 Å². The van der Waals surface area contributed by atoms with Crippen LogP contribution in [0.5, 0.6) is 5.75 Å². The number of piperazine rings is 1. The van der Waals surface area contributed by atoms with Crippen molar-refractivity contribution in [3.8, 4) is 5.75 Å². The van der Waals surface area contributed by atoms with Gasteiger partial charge in [-0.15, -0.1) is 5.75 Å². The van der Waals surface area contributed by atoms with Crippen LogP contribution >= 0.6 is 0 Å². The van der Waals surface area contributed by atoms with E-state index in [4.69, 9.17) is 0 Å². The summed E-state index contributed by atoms with van der Waals surface area (Å²) in [6, 6.07) is 7.10. The van der Waals surface area contributed by atoms with Crippen LogP contribution in [0.15, 0.2) is 24.3 Å². The Morgan fingerprint density at radius 3 is 2.57 bits per heavy atom. The van der Waals surface area contributed by atoms with Gasteiger partial charge in [-0.1, -0.05) is 12.1 Å². The summed E-state index contributed by atoms with van der Waals surface area (Å²) in [5, 5.41) is 14.4. The Morgan fingerprint density at radius 1 is 1.21 bits per heavy atom. The van der Waals surface area contributed by atoms with E-state index in [-0.39, 0.29) is 35.3 Å². The summed E-state index contributed by atoms with van der Waals surface area (Å²) in [5.74, 6) is 0.0935. The van der Waals surface area contributed by atoms with Crippen LogP contribution in [0.4, 0.5) is 5.69 Å². The second kappa shape index (κ2) is 5.61. The minimum atomic E-state index is 0. The average Bonchev–Trinajstić information content (AvgIpc) is 2.19. The van der Waals surface area contributed by atoms with Gasteiger partial charge in [-0.25, -0.2) is 0 Å². The van der Waals surface area contributed by atoms with Crippen molar-refractivity contribution in [1.29, 1.82) is 0 Å². The summed E-state index contributed by atoms with van der Waals surface area (Å²) in [6.45, 7) is 3.99. The predicted octanol–water partition coefficient (Wildman–Crippen LogP) is -2.83. The van der Waals surface area contributed by atoms with Crippen LogP contribution in [0, 0.1) is 0 Å². The number of benzene rings is 1. The van der Waals surface area contributed by atoms with E-state index in [0.717, 1.165) is 31.9 Å². The normalized spacial score (nSPS) is 16.1. The van der Waals surface area contributed by atoms with E-state index in [2.05, 4.69) is 10.2 Å². The third-order valence-electron chi connectivity index (χ3n) is 2.30. The molecule has 0 atom stereocenters. The van der Waals surface area contributed by atoms with Crippen LogP contribution < -0.4 is 44.9 Å². The summed E-state index contributed by atoms with van der Waals surface area (Å²) in [7, 11) is 0. The molecule has 0 unspecified atom stereocenters. The molecule has 0 spiro atoms. The number of anilines is 1. The topological polar surface area (TPSA) is 38.3 Å². The molecule has 2 rings (SSSR count). The molecule has 1 N–H and O–H groups in total. The molecule has 1 aliphatic rings. The Hall–Kier alpha value is -0.220. The molecular weight excluding hydrogens is 187 g/mol.